The van der Waals surface area contributed by atoms with E-state index < -0.39 is 11.6 Å². The first-order valence-corrected chi connectivity index (χ1v) is 18.3. The average molecular weight is 847 g/mol. The van der Waals surface area contributed by atoms with Gasteiger partial charge in [-0.05, 0) is 84.6 Å². The van der Waals surface area contributed by atoms with Crippen LogP contribution in [0.15, 0.2) is 81.7 Å². The molecule has 6 rings (SSSR count). The molecule has 0 atom stereocenters. The molecule has 0 spiro atoms. The molecule has 0 radical (unpaired) electrons. The fraction of sp³-hybridized carbons (Fsp3) is 0.263. The van der Waals surface area contributed by atoms with E-state index in [9.17, 15) is 18.4 Å². The second-order valence-electron chi connectivity index (χ2n) is 12.8. The molecule has 0 saturated carbocycles. The maximum atomic E-state index is 13.5. The number of carbonyl (C=O) groups is 2. The molecule has 0 bridgehead atoms. The van der Waals surface area contributed by atoms with Gasteiger partial charge in [0.25, 0.3) is 0 Å². The van der Waals surface area contributed by atoms with Gasteiger partial charge in [0.05, 0.1) is 45.2 Å². The summed E-state index contributed by atoms with van der Waals surface area (Å²) in [4.78, 5) is 34.1. The first-order chi connectivity index (χ1) is 23.7. The zero-order valence-corrected chi connectivity index (χ0v) is 32.5. The third-order valence-corrected chi connectivity index (χ3v) is 9.28. The molecule has 0 aliphatic rings. The lowest BCUT2D eigenvalue weighted by Gasteiger charge is -2.10. The molecule has 0 N–H and O–H groups in total. The highest BCUT2D eigenvalue weighted by Gasteiger charge is 2.19. The first-order valence-electron chi connectivity index (χ1n) is 16.0. The van der Waals surface area contributed by atoms with Crippen LogP contribution in [0.3, 0.4) is 0 Å². The van der Waals surface area contributed by atoms with E-state index in [4.69, 9.17) is 23.2 Å². The molecular weight excluding hydrogens is 813 g/mol. The number of imidazole rings is 2. The molecule has 0 amide bonds. The largest absolute Gasteiger partial charge is 0.316 e. The van der Waals surface area contributed by atoms with Gasteiger partial charge in [-0.25, -0.2) is 18.7 Å². The monoisotopic (exact) mass is 844 g/mol. The van der Waals surface area contributed by atoms with Crippen molar-refractivity contribution in [1.29, 1.82) is 0 Å². The summed E-state index contributed by atoms with van der Waals surface area (Å²) in [7, 11) is 0. The normalized spacial score (nSPS) is 11.4. The van der Waals surface area contributed by atoms with Crippen LogP contribution < -0.4 is 0 Å². The summed E-state index contributed by atoms with van der Waals surface area (Å²) >= 11 is 18.8. The van der Waals surface area contributed by atoms with Gasteiger partial charge in [-0.2, -0.15) is 0 Å². The van der Waals surface area contributed by atoms with Crippen molar-refractivity contribution in [2.24, 2.45) is 11.8 Å². The Morgan fingerprint density at radius 1 is 0.640 bits per heavy atom. The zero-order chi connectivity index (χ0) is 36.3. The van der Waals surface area contributed by atoms with Gasteiger partial charge in [-0.15, -0.1) is 0 Å². The van der Waals surface area contributed by atoms with Crippen LogP contribution in [0.2, 0.25) is 10.0 Å². The SMILES string of the molecule is CC(C)CC(=O)Cn1c(-c2ccc(F)c(Cl)c2)nc2cc(Br)ccc21.CC(C)CC(=O)Cn1c(-c2ccc(F)c(Cl)c2)nc2ccc(Br)cc21. The van der Waals surface area contributed by atoms with E-state index in [-0.39, 0.29) is 40.6 Å². The summed E-state index contributed by atoms with van der Waals surface area (Å²) in [5, 5.41) is 0.0663. The van der Waals surface area contributed by atoms with Crippen molar-refractivity contribution in [3.63, 3.8) is 0 Å². The minimum absolute atomic E-state index is 0.0331. The maximum absolute atomic E-state index is 13.5. The van der Waals surface area contributed by atoms with E-state index in [1.54, 1.807) is 12.1 Å². The molecule has 2 heterocycles. The molecule has 0 saturated heterocycles. The van der Waals surface area contributed by atoms with Crippen molar-refractivity contribution in [2.75, 3.05) is 0 Å². The van der Waals surface area contributed by atoms with E-state index >= 15 is 0 Å². The summed E-state index contributed by atoms with van der Waals surface area (Å²) in [5.74, 6) is 1.09. The molecule has 0 aliphatic heterocycles. The minimum Gasteiger partial charge on any atom is -0.316 e. The number of hydrogen-bond acceptors (Lipinski definition) is 4. The van der Waals surface area contributed by atoms with Gasteiger partial charge in [-0.3, -0.25) is 9.59 Å². The summed E-state index contributed by atoms with van der Waals surface area (Å²) < 4.78 is 32.6. The minimum atomic E-state index is -0.480. The number of hydrogen-bond donors (Lipinski definition) is 0. The van der Waals surface area contributed by atoms with Crippen molar-refractivity contribution in [2.45, 2.75) is 53.6 Å². The molecule has 2 aromatic heterocycles. The number of benzene rings is 4. The fourth-order valence-electron chi connectivity index (χ4n) is 5.62. The van der Waals surface area contributed by atoms with Gasteiger partial charge in [-0.1, -0.05) is 82.8 Å². The molecule has 6 aromatic rings. The van der Waals surface area contributed by atoms with E-state index in [2.05, 4.69) is 41.8 Å². The smallest absolute Gasteiger partial charge is 0.152 e. The van der Waals surface area contributed by atoms with Crippen molar-refractivity contribution in [3.8, 4) is 22.8 Å². The average Bonchev–Trinajstić information content (AvgIpc) is 3.56. The molecule has 50 heavy (non-hydrogen) atoms. The molecule has 0 fully saturated rings. The number of Topliss-reactive ketones (excluding diaryl/α,β-unsaturated/α-hetero) is 2. The number of aromatic nitrogens is 4. The number of ketones is 2. The highest BCUT2D eigenvalue weighted by molar-refractivity contribution is 9.10. The second-order valence-corrected chi connectivity index (χ2v) is 15.5. The summed E-state index contributed by atoms with van der Waals surface area (Å²) in [6.45, 7) is 8.50. The van der Waals surface area contributed by atoms with Crippen LogP contribution in [0.25, 0.3) is 44.8 Å². The fourth-order valence-corrected chi connectivity index (χ4v) is 6.68. The number of rotatable bonds is 10. The van der Waals surface area contributed by atoms with Gasteiger partial charge in [0.15, 0.2) is 11.6 Å². The van der Waals surface area contributed by atoms with Crippen molar-refractivity contribution in [1.82, 2.24) is 19.1 Å². The van der Waals surface area contributed by atoms with E-state index in [1.807, 2.05) is 73.2 Å². The van der Waals surface area contributed by atoms with Crippen LogP contribution in [-0.4, -0.2) is 30.7 Å². The molecule has 0 aliphatic carbocycles. The third-order valence-electron chi connectivity index (χ3n) is 7.72. The number of halogens is 6. The predicted molar refractivity (Wildman–Crippen MR) is 205 cm³/mol. The predicted octanol–water partition coefficient (Wildman–Crippen LogP) is 11.7. The van der Waals surface area contributed by atoms with Crippen LogP contribution in [0, 0.1) is 23.5 Å². The van der Waals surface area contributed by atoms with Crippen molar-refractivity contribution >= 4 is 88.7 Å². The summed E-state index contributed by atoms with van der Waals surface area (Å²) in [6.07, 6.45) is 0.997. The Kier molecular flexibility index (Phi) is 12.3. The molecule has 0 unspecified atom stereocenters. The van der Waals surface area contributed by atoms with Crippen LogP contribution in [0.4, 0.5) is 8.78 Å². The van der Waals surface area contributed by atoms with Crippen LogP contribution >= 0.6 is 55.1 Å². The van der Waals surface area contributed by atoms with Gasteiger partial charge >= 0.3 is 0 Å². The highest BCUT2D eigenvalue weighted by Crippen LogP contribution is 2.31. The summed E-state index contributed by atoms with van der Waals surface area (Å²) in [5.41, 5.74) is 4.60. The lowest BCUT2D eigenvalue weighted by molar-refractivity contribution is -0.121. The third kappa shape index (κ3) is 9.07. The zero-order valence-electron chi connectivity index (χ0n) is 27.8. The highest BCUT2D eigenvalue weighted by atomic mass is 79.9. The second kappa shape index (κ2) is 16.3. The van der Waals surface area contributed by atoms with E-state index in [0.717, 1.165) is 31.0 Å². The van der Waals surface area contributed by atoms with Crippen LogP contribution in [-0.2, 0) is 22.7 Å². The van der Waals surface area contributed by atoms with Crippen molar-refractivity contribution < 1.29 is 18.4 Å². The Bertz CT molecular complexity index is 2170. The topological polar surface area (TPSA) is 69.8 Å². The number of fused-ring (bicyclic) bond motifs is 2. The van der Waals surface area contributed by atoms with Gasteiger partial charge in [0.2, 0.25) is 0 Å². The van der Waals surface area contributed by atoms with Crippen LogP contribution in [0.1, 0.15) is 40.5 Å². The maximum Gasteiger partial charge on any atom is 0.152 e. The quantitative estimate of drug-likeness (QED) is 0.138. The molecule has 260 valence electrons. The molecular formula is C38H34Br2Cl2F2N4O2. The standard InChI is InChI=1S/2C19H17BrClFN2O/c1-11(2)7-14(25)10-24-18-6-4-13(20)9-17(18)23-19(24)12-3-5-16(22)15(21)8-12;1-11(2)7-14(25)10-24-18-9-13(20)4-6-17(18)23-19(24)12-3-5-16(22)15(21)8-12/h2*3-6,8-9,11H,7,10H2,1-2H3. The van der Waals surface area contributed by atoms with Gasteiger partial charge in [0.1, 0.15) is 23.3 Å². The molecule has 12 heteroatoms. The Labute approximate surface area is 316 Å². The Hall–Kier alpha value is -3.44. The lowest BCUT2D eigenvalue weighted by Crippen LogP contribution is -2.13. The summed E-state index contributed by atoms with van der Waals surface area (Å²) in [6, 6.07) is 20.4. The number of carbonyl (C=O) groups excluding carboxylic acids is 2. The van der Waals surface area contributed by atoms with E-state index in [0.29, 0.717) is 41.5 Å². The van der Waals surface area contributed by atoms with Gasteiger partial charge < -0.3 is 9.13 Å². The Balaban J connectivity index is 0.000000194. The first kappa shape index (κ1) is 37.8. The Morgan fingerprint density at radius 2 is 1.10 bits per heavy atom. The van der Waals surface area contributed by atoms with E-state index in [1.165, 1.54) is 24.3 Å². The van der Waals surface area contributed by atoms with Gasteiger partial charge in [0, 0.05) is 32.9 Å². The number of nitrogens with zero attached hydrogens (tertiary/aromatic N) is 4. The Morgan fingerprint density at radius 3 is 1.60 bits per heavy atom. The lowest BCUT2D eigenvalue weighted by atomic mass is 10.1. The molecule has 4 aromatic carbocycles. The molecule has 6 nitrogen and oxygen atoms in total. The van der Waals surface area contributed by atoms with Crippen LogP contribution in [0.5, 0.6) is 0 Å². The van der Waals surface area contributed by atoms with Crippen molar-refractivity contribution in [3.05, 3.63) is 103 Å².